The number of carbonyl (C=O) groups excluding carboxylic acids is 4. The SMILES string of the molecule is Cc1nc(NC(=O)COC(=O)CCCN2C(=O)CNC2=O)c(Cl)cc1Cl. The fourth-order valence-corrected chi connectivity index (χ4v) is 2.50. The summed E-state index contributed by atoms with van der Waals surface area (Å²) in [5.74, 6) is -1.46. The Kier molecular flexibility index (Phi) is 6.76. The van der Waals surface area contributed by atoms with Gasteiger partial charge < -0.3 is 15.4 Å². The molecule has 1 aromatic rings. The number of esters is 1. The van der Waals surface area contributed by atoms with Crippen LogP contribution in [0.4, 0.5) is 10.6 Å². The Hall–Kier alpha value is -2.39. The quantitative estimate of drug-likeness (QED) is 0.527. The molecule has 1 saturated heterocycles. The summed E-state index contributed by atoms with van der Waals surface area (Å²) in [5, 5.41) is 5.32. The second-order valence-electron chi connectivity index (χ2n) is 5.40. The van der Waals surface area contributed by atoms with E-state index in [4.69, 9.17) is 27.9 Å². The van der Waals surface area contributed by atoms with Crippen molar-refractivity contribution in [2.75, 3.05) is 25.0 Å². The van der Waals surface area contributed by atoms with Crippen molar-refractivity contribution >= 4 is 52.8 Å². The topological polar surface area (TPSA) is 118 Å². The highest BCUT2D eigenvalue weighted by Crippen LogP contribution is 2.25. The maximum atomic E-state index is 11.8. The smallest absolute Gasteiger partial charge is 0.324 e. The highest BCUT2D eigenvalue weighted by Gasteiger charge is 2.27. The number of anilines is 1. The lowest BCUT2D eigenvalue weighted by molar-refractivity contribution is -0.147. The minimum atomic E-state index is -0.626. The van der Waals surface area contributed by atoms with Gasteiger partial charge in [0.25, 0.3) is 5.91 Å². The van der Waals surface area contributed by atoms with Crippen molar-refractivity contribution in [3.05, 3.63) is 21.8 Å². The number of amides is 4. The highest BCUT2D eigenvalue weighted by molar-refractivity contribution is 6.36. The minimum absolute atomic E-state index is 0.0375. The van der Waals surface area contributed by atoms with E-state index in [1.54, 1.807) is 6.92 Å². The normalized spacial score (nSPS) is 13.6. The predicted molar refractivity (Wildman–Crippen MR) is 92.9 cm³/mol. The molecule has 0 aromatic carbocycles. The zero-order chi connectivity index (χ0) is 19.3. The molecule has 0 unspecified atom stereocenters. The molecule has 2 heterocycles. The second-order valence-corrected chi connectivity index (χ2v) is 6.22. The van der Waals surface area contributed by atoms with E-state index in [2.05, 4.69) is 15.6 Å². The molecule has 1 aromatic heterocycles. The second kappa shape index (κ2) is 8.81. The Bertz CT molecular complexity index is 740. The molecule has 11 heteroatoms. The van der Waals surface area contributed by atoms with Crippen LogP contribution in [0.2, 0.25) is 10.0 Å². The van der Waals surface area contributed by atoms with Crippen molar-refractivity contribution in [3.63, 3.8) is 0 Å². The Balaban J connectivity index is 1.72. The summed E-state index contributed by atoms with van der Waals surface area (Å²) in [6.45, 7) is 1.21. The van der Waals surface area contributed by atoms with Crippen LogP contribution in [-0.4, -0.2) is 53.4 Å². The third-order valence-corrected chi connectivity index (χ3v) is 4.10. The van der Waals surface area contributed by atoms with Crippen LogP contribution >= 0.6 is 23.2 Å². The van der Waals surface area contributed by atoms with Gasteiger partial charge in [-0.2, -0.15) is 0 Å². The number of aromatic nitrogens is 1. The lowest BCUT2D eigenvalue weighted by Crippen LogP contribution is -2.32. The van der Waals surface area contributed by atoms with Crippen molar-refractivity contribution in [2.45, 2.75) is 19.8 Å². The molecule has 0 radical (unpaired) electrons. The van der Waals surface area contributed by atoms with Gasteiger partial charge in [0.15, 0.2) is 12.4 Å². The standard InChI is InChI=1S/C15H16Cl2N4O5/c1-8-9(16)5-10(17)14(19-8)20-11(22)7-26-13(24)3-2-4-21-12(23)6-18-15(21)25/h5H,2-4,6-7H2,1H3,(H,18,25)(H,19,20,22). The number of pyridine rings is 1. The van der Waals surface area contributed by atoms with E-state index in [9.17, 15) is 19.2 Å². The van der Waals surface area contributed by atoms with E-state index in [0.29, 0.717) is 10.7 Å². The molecule has 2 N–H and O–H groups in total. The molecule has 1 aliphatic rings. The largest absolute Gasteiger partial charge is 0.456 e. The van der Waals surface area contributed by atoms with Crippen LogP contribution in [0.3, 0.4) is 0 Å². The molecule has 0 spiro atoms. The molecule has 0 atom stereocenters. The summed E-state index contributed by atoms with van der Waals surface area (Å²) in [6, 6.07) is 0.966. The fraction of sp³-hybridized carbons (Fsp3) is 0.400. The van der Waals surface area contributed by atoms with Crippen LogP contribution in [0.5, 0.6) is 0 Å². The predicted octanol–water partition coefficient (Wildman–Crippen LogP) is 1.51. The van der Waals surface area contributed by atoms with Gasteiger partial charge in [0, 0.05) is 13.0 Å². The Labute approximate surface area is 159 Å². The van der Waals surface area contributed by atoms with Gasteiger partial charge in [0.1, 0.15) is 0 Å². The number of halogens is 2. The third-order valence-electron chi connectivity index (χ3n) is 3.43. The molecule has 1 aliphatic heterocycles. The summed E-state index contributed by atoms with van der Waals surface area (Å²) in [5.41, 5.74) is 0.490. The summed E-state index contributed by atoms with van der Waals surface area (Å²) < 4.78 is 4.84. The van der Waals surface area contributed by atoms with Crippen LogP contribution in [0.15, 0.2) is 6.07 Å². The van der Waals surface area contributed by atoms with Crippen molar-refractivity contribution < 1.29 is 23.9 Å². The number of hydrogen-bond donors (Lipinski definition) is 2. The van der Waals surface area contributed by atoms with Crippen LogP contribution in [0.1, 0.15) is 18.5 Å². The zero-order valence-corrected chi connectivity index (χ0v) is 15.3. The number of ether oxygens (including phenoxy) is 1. The van der Waals surface area contributed by atoms with E-state index >= 15 is 0 Å². The van der Waals surface area contributed by atoms with Crippen LogP contribution in [0, 0.1) is 6.92 Å². The molecule has 0 saturated carbocycles. The number of hydrogen-bond acceptors (Lipinski definition) is 6. The van der Waals surface area contributed by atoms with Gasteiger partial charge in [-0.15, -0.1) is 0 Å². The lowest BCUT2D eigenvalue weighted by Gasteiger charge is -2.11. The first-order valence-electron chi connectivity index (χ1n) is 7.64. The molecular weight excluding hydrogens is 387 g/mol. The average Bonchev–Trinajstić information content (AvgIpc) is 2.90. The Morgan fingerprint density at radius 3 is 2.73 bits per heavy atom. The van der Waals surface area contributed by atoms with Gasteiger partial charge in [0.05, 0.1) is 22.3 Å². The number of urea groups is 1. The third kappa shape index (κ3) is 5.30. The van der Waals surface area contributed by atoms with Crippen molar-refractivity contribution in [2.24, 2.45) is 0 Å². The number of rotatable bonds is 7. The number of aryl methyl sites for hydroxylation is 1. The van der Waals surface area contributed by atoms with Gasteiger partial charge in [0.2, 0.25) is 5.91 Å². The molecule has 1 fully saturated rings. The number of imide groups is 1. The van der Waals surface area contributed by atoms with Crippen molar-refractivity contribution in [3.8, 4) is 0 Å². The van der Waals surface area contributed by atoms with E-state index in [1.807, 2.05) is 0 Å². The van der Waals surface area contributed by atoms with Crippen LogP contribution < -0.4 is 10.6 Å². The number of nitrogens with zero attached hydrogens (tertiary/aromatic N) is 2. The van der Waals surface area contributed by atoms with Gasteiger partial charge in [-0.3, -0.25) is 19.3 Å². The first-order chi connectivity index (χ1) is 12.3. The average molecular weight is 403 g/mol. The van der Waals surface area contributed by atoms with Gasteiger partial charge in [-0.25, -0.2) is 9.78 Å². The molecule has 2 rings (SSSR count). The molecule has 4 amide bonds. The highest BCUT2D eigenvalue weighted by atomic mass is 35.5. The first kappa shape index (κ1) is 19.9. The number of nitrogens with one attached hydrogen (secondary N) is 2. The minimum Gasteiger partial charge on any atom is -0.456 e. The number of carbonyl (C=O) groups is 4. The van der Waals surface area contributed by atoms with E-state index in [1.165, 1.54) is 6.07 Å². The summed E-state index contributed by atoms with van der Waals surface area (Å²) in [6.07, 6.45) is 0.201. The first-order valence-corrected chi connectivity index (χ1v) is 8.40. The summed E-state index contributed by atoms with van der Waals surface area (Å²) in [4.78, 5) is 51.2. The zero-order valence-electron chi connectivity index (χ0n) is 13.8. The molecule has 26 heavy (non-hydrogen) atoms. The van der Waals surface area contributed by atoms with Crippen molar-refractivity contribution in [1.29, 1.82) is 0 Å². The van der Waals surface area contributed by atoms with Gasteiger partial charge >= 0.3 is 12.0 Å². The van der Waals surface area contributed by atoms with Crippen molar-refractivity contribution in [1.82, 2.24) is 15.2 Å². The summed E-state index contributed by atoms with van der Waals surface area (Å²) in [7, 11) is 0. The van der Waals surface area contributed by atoms with Crippen LogP contribution in [0.25, 0.3) is 0 Å². The van der Waals surface area contributed by atoms with E-state index in [0.717, 1.165) is 4.90 Å². The molecule has 0 bridgehead atoms. The lowest BCUT2D eigenvalue weighted by atomic mass is 10.3. The Morgan fingerprint density at radius 2 is 2.08 bits per heavy atom. The molecule has 9 nitrogen and oxygen atoms in total. The maximum Gasteiger partial charge on any atom is 0.324 e. The van der Waals surface area contributed by atoms with Crippen LogP contribution in [-0.2, 0) is 19.1 Å². The molecular formula is C15H16Cl2N4O5. The maximum absolute atomic E-state index is 11.8. The molecule has 140 valence electrons. The molecule has 0 aliphatic carbocycles. The summed E-state index contributed by atoms with van der Waals surface area (Å²) >= 11 is 11.8. The monoisotopic (exact) mass is 402 g/mol. The van der Waals surface area contributed by atoms with E-state index < -0.39 is 24.5 Å². The van der Waals surface area contributed by atoms with E-state index in [-0.39, 0.29) is 42.7 Å². The van der Waals surface area contributed by atoms with Gasteiger partial charge in [-0.05, 0) is 19.4 Å². The Morgan fingerprint density at radius 1 is 1.35 bits per heavy atom. The van der Waals surface area contributed by atoms with Gasteiger partial charge in [-0.1, -0.05) is 23.2 Å². The fourth-order valence-electron chi connectivity index (χ4n) is 2.10.